The first kappa shape index (κ1) is 17.6. The fourth-order valence-corrected chi connectivity index (χ4v) is 2.07. The van der Waals surface area contributed by atoms with Crippen molar-refractivity contribution in [3.8, 4) is 0 Å². The van der Waals surface area contributed by atoms with Crippen molar-refractivity contribution in [1.82, 2.24) is 15.5 Å². The normalized spacial score (nSPS) is 12.2. The van der Waals surface area contributed by atoms with E-state index < -0.39 is 28.5 Å². The summed E-state index contributed by atoms with van der Waals surface area (Å²) in [5.74, 6) is -2.00. The number of H-pyrrole nitrogens is 1. The van der Waals surface area contributed by atoms with Crippen LogP contribution < -0.4 is 5.32 Å². The van der Waals surface area contributed by atoms with E-state index in [-0.39, 0.29) is 23.7 Å². The summed E-state index contributed by atoms with van der Waals surface area (Å²) in [5, 5.41) is 28.7. The zero-order valence-electron chi connectivity index (χ0n) is 12.8. The quantitative estimate of drug-likeness (QED) is 0.491. The van der Waals surface area contributed by atoms with E-state index in [1.807, 2.05) is 20.8 Å². The fraction of sp³-hybridized carbons (Fsp3) is 0.615. The number of carbonyl (C=O) groups excluding carboxylic acids is 1. The van der Waals surface area contributed by atoms with Crippen molar-refractivity contribution in [1.29, 1.82) is 0 Å². The van der Waals surface area contributed by atoms with Crippen LogP contribution >= 0.6 is 0 Å². The highest BCUT2D eigenvalue weighted by Crippen LogP contribution is 2.22. The van der Waals surface area contributed by atoms with Gasteiger partial charge in [0.15, 0.2) is 0 Å². The van der Waals surface area contributed by atoms with Gasteiger partial charge in [-0.2, -0.15) is 5.10 Å². The molecular formula is C13H20N4O5. The van der Waals surface area contributed by atoms with E-state index in [0.717, 1.165) is 0 Å². The Labute approximate surface area is 127 Å². The number of nitrogens with zero attached hydrogens (tertiary/aromatic N) is 2. The Balaban J connectivity index is 3.02. The molecule has 3 N–H and O–H groups in total. The maximum absolute atomic E-state index is 12.1. The number of nitrogens with one attached hydrogen (secondary N) is 2. The van der Waals surface area contributed by atoms with Gasteiger partial charge in [-0.05, 0) is 18.8 Å². The van der Waals surface area contributed by atoms with Gasteiger partial charge in [0.2, 0.25) is 5.69 Å². The Bertz CT molecular complexity index is 567. The zero-order chi connectivity index (χ0) is 16.9. The Morgan fingerprint density at radius 1 is 1.45 bits per heavy atom. The second kappa shape index (κ2) is 7.53. The highest BCUT2D eigenvalue weighted by molar-refractivity contribution is 5.98. The lowest BCUT2D eigenvalue weighted by molar-refractivity contribution is -0.385. The number of aromatic amines is 1. The minimum Gasteiger partial charge on any atom is -0.480 e. The number of aromatic nitrogens is 2. The molecule has 1 heterocycles. The Kier molecular flexibility index (Phi) is 6.02. The SMILES string of the molecule is CCCc1[nH]nc(C(=O)N[C@H](CC(C)C)C(=O)O)c1[N+](=O)[O-]. The van der Waals surface area contributed by atoms with E-state index in [9.17, 15) is 19.7 Å². The third-order valence-corrected chi connectivity index (χ3v) is 3.02. The van der Waals surface area contributed by atoms with Crippen molar-refractivity contribution in [2.45, 2.75) is 46.1 Å². The van der Waals surface area contributed by atoms with Crippen molar-refractivity contribution >= 4 is 17.6 Å². The smallest absolute Gasteiger partial charge is 0.326 e. The topological polar surface area (TPSA) is 138 Å². The molecule has 1 aromatic heterocycles. The summed E-state index contributed by atoms with van der Waals surface area (Å²) in [6.07, 6.45) is 1.25. The lowest BCUT2D eigenvalue weighted by atomic mass is 10.0. The van der Waals surface area contributed by atoms with Crippen LogP contribution in [0, 0.1) is 16.0 Å². The second-order valence-corrected chi connectivity index (χ2v) is 5.40. The molecule has 9 heteroatoms. The highest BCUT2D eigenvalue weighted by Gasteiger charge is 2.31. The van der Waals surface area contributed by atoms with E-state index in [1.54, 1.807) is 0 Å². The molecule has 0 saturated carbocycles. The molecule has 1 aromatic rings. The minimum atomic E-state index is -1.19. The fourth-order valence-electron chi connectivity index (χ4n) is 2.07. The van der Waals surface area contributed by atoms with E-state index in [4.69, 9.17) is 5.11 Å². The molecule has 9 nitrogen and oxygen atoms in total. The molecule has 22 heavy (non-hydrogen) atoms. The molecule has 1 amide bonds. The Morgan fingerprint density at radius 2 is 2.09 bits per heavy atom. The molecule has 1 rings (SSSR count). The molecule has 0 bridgehead atoms. The summed E-state index contributed by atoms with van der Waals surface area (Å²) in [5.41, 5.74) is -0.523. The van der Waals surface area contributed by atoms with Crippen molar-refractivity contribution in [2.75, 3.05) is 0 Å². The van der Waals surface area contributed by atoms with Gasteiger partial charge in [0.05, 0.1) is 4.92 Å². The van der Waals surface area contributed by atoms with Crippen LogP contribution in [0.4, 0.5) is 5.69 Å². The van der Waals surface area contributed by atoms with Gasteiger partial charge in [-0.1, -0.05) is 27.2 Å². The first-order chi connectivity index (χ1) is 10.3. The standard InChI is InChI=1S/C13H20N4O5/c1-4-5-8-11(17(21)22)10(16-15-8)12(18)14-9(13(19)20)6-7(2)3/h7,9H,4-6H2,1-3H3,(H,14,18)(H,15,16)(H,19,20)/t9-/m1/s1. The monoisotopic (exact) mass is 312 g/mol. The number of carboxylic acid groups (broad SMARTS) is 1. The maximum Gasteiger partial charge on any atom is 0.326 e. The largest absolute Gasteiger partial charge is 0.480 e. The predicted octanol–water partition coefficient (Wildman–Crippen LogP) is 1.50. The molecule has 0 aliphatic rings. The van der Waals surface area contributed by atoms with Crippen LogP contribution in [0.25, 0.3) is 0 Å². The molecule has 1 atom stereocenters. The van der Waals surface area contributed by atoms with Crippen LogP contribution in [-0.2, 0) is 11.2 Å². The molecule has 0 saturated heterocycles. The summed E-state index contributed by atoms with van der Waals surface area (Å²) < 4.78 is 0. The third-order valence-electron chi connectivity index (χ3n) is 3.02. The van der Waals surface area contributed by atoms with E-state index in [1.165, 1.54) is 0 Å². The van der Waals surface area contributed by atoms with E-state index >= 15 is 0 Å². The van der Waals surface area contributed by atoms with Crippen molar-refractivity contribution in [3.05, 3.63) is 21.5 Å². The van der Waals surface area contributed by atoms with Crippen LogP contribution in [0.15, 0.2) is 0 Å². The van der Waals surface area contributed by atoms with E-state index in [2.05, 4.69) is 15.5 Å². The average Bonchev–Trinajstić information content (AvgIpc) is 2.81. The number of rotatable bonds is 8. The van der Waals surface area contributed by atoms with Crippen molar-refractivity contribution in [2.24, 2.45) is 5.92 Å². The van der Waals surface area contributed by atoms with Crippen molar-refractivity contribution < 1.29 is 19.6 Å². The summed E-state index contributed by atoms with van der Waals surface area (Å²) in [6.45, 7) is 5.48. The summed E-state index contributed by atoms with van der Waals surface area (Å²) in [4.78, 5) is 33.7. The minimum absolute atomic E-state index is 0.0474. The molecule has 0 radical (unpaired) electrons. The molecule has 0 aliphatic heterocycles. The van der Waals surface area contributed by atoms with Crippen LogP contribution in [0.5, 0.6) is 0 Å². The summed E-state index contributed by atoms with van der Waals surface area (Å²) in [6, 6.07) is -1.11. The molecule has 0 aromatic carbocycles. The summed E-state index contributed by atoms with van der Waals surface area (Å²) in [7, 11) is 0. The lowest BCUT2D eigenvalue weighted by Gasteiger charge is -2.15. The van der Waals surface area contributed by atoms with Gasteiger partial charge in [-0.25, -0.2) is 4.79 Å². The van der Waals surface area contributed by atoms with Gasteiger partial charge >= 0.3 is 11.7 Å². The second-order valence-electron chi connectivity index (χ2n) is 5.40. The number of hydrogen-bond donors (Lipinski definition) is 3. The first-order valence-electron chi connectivity index (χ1n) is 7.03. The van der Waals surface area contributed by atoms with Gasteiger partial charge in [0.1, 0.15) is 11.7 Å². The van der Waals surface area contributed by atoms with Gasteiger partial charge in [-0.3, -0.25) is 20.0 Å². The van der Waals surface area contributed by atoms with E-state index in [0.29, 0.717) is 12.8 Å². The molecule has 0 spiro atoms. The molecule has 122 valence electrons. The number of carbonyl (C=O) groups is 2. The van der Waals surface area contributed by atoms with Gasteiger partial charge in [0, 0.05) is 0 Å². The van der Waals surface area contributed by atoms with Gasteiger partial charge < -0.3 is 10.4 Å². The lowest BCUT2D eigenvalue weighted by Crippen LogP contribution is -2.42. The van der Waals surface area contributed by atoms with Gasteiger partial charge in [0.25, 0.3) is 5.91 Å². The predicted molar refractivity (Wildman–Crippen MR) is 77.6 cm³/mol. The Hall–Kier alpha value is -2.45. The molecular weight excluding hydrogens is 292 g/mol. The van der Waals surface area contributed by atoms with Gasteiger partial charge in [-0.15, -0.1) is 0 Å². The number of amides is 1. The maximum atomic E-state index is 12.1. The number of aliphatic carboxylic acids is 1. The number of hydrogen-bond acceptors (Lipinski definition) is 5. The zero-order valence-corrected chi connectivity index (χ0v) is 12.8. The molecule has 0 aliphatic carbocycles. The third kappa shape index (κ3) is 4.27. The number of aryl methyl sites for hydroxylation is 1. The number of carboxylic acids is 1. The molecule has 0 unspecified atom stereocenters. The van der Waals surface area contributed by atoms with Crippen LogP contribution in [0.3, 0.4) is 0 Å². The first-order valence-corrected chi connectivity index (χ1v) is 7.03. The van der Waals surface area contributed by atoms with Crippen LogP contribution in [0.2, 0.25) is 0 Å². The van der Waals surface area contributed by atoms with Crippen LogP contribution in [-0.4, -0.2) is 38.1 Å². The molecule has 0 fully saturated rings. The number of nitro groups is 1. The summed E-state index contributed by atoms with van der Waals surface area (Å²) >= 11 is 0. The Morgan fingerprint density at radius 3 is 2.55 bits per heavy atom. The van der Waals surface area contributed by atoms with Crippen LogP contribution in [0.1, 0.15) is 49.8 Å². The van der Waals surface area contributed by atoms with Crippen molar-refractivity contribution in [3.63, 3.8) is 0 Å². The average molecular weight is 312 g/mol. The highest BCUT2D eigenvalue weighted by atomic mass is 16.6.